The number of benzene rings is 1. The second-order valence-corrected chi connectivity index (χ2v) is 4.64. The number of rotatable bonds is 4. The van der Waals surface area contributed by atoms with Crippen molar-refractivity contribution in [2.45, 2.75) is 39.2 Å². The molecule has 1 amide bonds. The van der Waals surface area contributed by atoms with Crippen molar-refractivity contribution < 1.29 is 9.90 Å². The monoisotopic (exact) mass is 272 g/mol. The molecular formula is C13H21ClN2O2. The van der Waals surface area contributed by atoms with E-state index in [0.29, 0.717) is 12.1 Å². The first-order valence-corrected chi connectivity index (χ1v) is 5.77. The average Bonchev–Trinajstić information content (AvgIpc) is 2.22. The number of halogens is 1. The summed E-state index contributed by atoms with van der Waals surface area (Å²) in [5.41, 5.74) is 6.33. The summed E-state index contributed by atoms with van der Waals surface area (Å²) in [6.45, 7) is 5.54. The number of nitrogens with two attached hydrogens (primary N) is 1. The summed E-state index contributed by atoms with van der Waals surface area (Å²) in [5, 5.41) is 12.3. The van der Waals surface area contributed by atoms with Gasteiger partial charge in [0.25, 0.3) is 0 Å². The molecule has 0 spiro atoms. The van der Waals surface area contributed by atoms with Gasteiger partial charge in [0.2, 0.25) is 5.91 Å². The van der Waals surface area contributed by atoms with Crippen molar-refractivity contribution in [2.24, 2.45) is 5.73 Å². The standard InChI is InChI=1S/C13H20N2O2.ClH/c1-4-7-13(3,14)12(17)15-10-6-5-9(2)8-11(10)16;/h5-6,8,16H,4,7,14H2,1-3H3,(H,15,17);1H. The van der Waals surface area contributed by atoms with Crippen LogP contribution in [0.25, 0.3) is 0 Å². The quantitative estimate of drug-likeness (QED) is 0.738. The van der Waals surface area contributed by atoms with Crippen LogP contribution in [0.15, 0.2) is 18.2 Å². The fourth-order valence-corrected chi connectivity index (χ4v) is 1.65. The molecular weight excluding hydrogens is 252 g/mol. The molecule has 4 nitrogen and oxygen atoms in total. The number of nitrogens with one attached hydrogen (secondary N) is 1. The number of carbonyl (C=O) groups is 1. The van der Waals surface area contributed by atoms with E-state index in [1.165, 1.54) is 0 Å². The van der Waals surface area contributed by atoms with Crippen LogP contribution in [0.5, 0.6) is 5.75 Å². The summed E-state index contributed by atoms with van der Waals surface area (Å²) in [5.74, 6) is -0.218. The SMILES string of the molecule is CCCC(C)(N)C(=O)Nc1ccc(C)cc1O.Cl. The van der Waals surface area contributed by atoms with E-state index < -0.39 is 5.54 Å². The van der Waals surface area contributed by atoms with Crippen LogP contribution in [0.3, 0.4) is 0 Å². The second kappa shape index (κ2) is 6.61. The summed E-state index contributed by atoms with van der Waals surface area (Å²) >= 11 is 0. The summed E-state index contributed by atoms with van der Waals surface area (Å²) in [4.78, 5) is 11.9. The van der Waals surface area contributed by atoms with Crippen molar-refractivity contribution in [1.29, 1.82) is 0 Å². The molecule has 4 N–H and O–H groups in total. The van der Waals surface area contributed by atoms with Gasteiger partial charge in [0.1, 0.15) is 5.75 Å². The molecule has 0 aliphatic rings. The summed E-state index contributed by atoms with van der Waals surface area (Å²) < 4.78 is 0. The predicted molar refractivity (Wildman–Crippen MR) is 76.2 cm³/mol. The maximum atomic E-state index is 11.9. The molecule has 18 heavy (non-hydrogen) atoms. The van der Waals surface area contributed by atoms with Gasteiger partial charge in [-0.05, 0) is 38.0 Å². The normalized spacial score (nSPS) is 13.3. The molecule has 0 aliphatic carbocycles. The number of hydrogen-bond acceptors (Lipinski definition) is 3. The van der Waals surface area contributed by atoms with Crippen molar-refractivity contribution in [3.8, 4) is 5.75 Å². The Morgan fingerprint density at radius 3 is 2.61 bits per heavy atom. The van der Waals surface area contributed by atoms with Crippen molar-refractivity contribution in [3.05, 3.63) is 23.8 Å². The molecule has 1 unspecified atom stereocenters. The van der Waals surface area contributed by atoms with Gasteiger partial charge in [-0.3, -0.25) is 4.79 Å². The minimum atomic E-state index is -0.911. The number of phenols is 1. The topological polar surface area (TPSA) is 75.4 Å². The number of carbonyl (C=O) groups excluding carboxylic acids is 1. The Morgan fingerprint density at radius 2 is 2.11 bits per heavy atom. The van der Waals surface area contributed by atoms with Crippen molar-refractivity contribution >= 4 is 24.0 Å². The third-order valence-corrected chi connectivity index (χ3v) is 2.69. The number of phenolic OH excluding ortho intramolecular Hbond substituents is 1. The molecule has 0 saturated carbocycles. The lowest BCUT2D eigenvalue weighted by molar-refractivity contribution is -0.120. The molecule has 0 fully saturated rings. The van der Waals surface area contributed by atoms with Crippen LogP contribution in [-0.2, 0) is 4.79 Å². The van der Waals surface area contributed by atoms with Crippen LogP contribution in [0.1, 0.15) is 32.3 Å². The number of anilines is 1. The maximum absolute atomic E-state index is 11.9. The minimum absolute atomic E-state index is 0. The van der Waals surface area contributed by atoms with Gasteiger partial charge >= 0.3 is 0 Å². The lowest BCUT2D eigenvalue weighted by Crippen LogP contribution is -2.48. The minimum Gasteiger partial charge on any atom is -0.506 e. The van der Waals surface area contributed by atoms with E-state index in [-0.39, 0.29) is 24.1 Å². The largest absolute Gasteiger partial charge is 0.506 e. The van der Waals surface area contributed by atoms with Crippen molar-refractivity contribution in [1.82, 2.24) is 0 Å². The third kappa shape index (κ3) is 4.20. The highest BCUT2D eigenvalue weighted by molar-refractivity contribution is 5.98. The van der Waals surface area contributed by atoms with Crippen LogP contribution in [0.2, 0.25) is 0 Å². The third-order valence-electron chi connectivity index (χ3n) is 2.69. The maximum Gasteiger partial charge on any atom is 0.244 e. The lowest BCUT2D eigenvalue weighted by Gasteiger charge is -2.23. The summed E-state index contributed by atoms with van der Waals surface area (Å²) in [7, 11) is 0. The summed E-state index contributed by atoms with van der Waals surface area (Å²) in [6.07, 6.45) is 1.44. The van der Waals surface area contributed by atoms with Gasteiger partial charge in [-0.25, -0.2) is 0 Å². The zero-order valence-corrected chi connectivity index (χ0v) is 11.8. The average molecular weight is 273 g/mol. The first kappa shape index (κ1) is 16.7. The molecule has 0 aromatic heterocycles. The Labute approximate surface area is 114 Å². The van der Waals surface area contributed by atoms with E-state index in [0.717, 1.165) is 12.0 Å². The Balaban J connectivity index is 0.00000289. The number of aryl methyl sites for hydroxylation is 1. The highest BCUT2D eigenvalue weighted by Gasteiger charge is 2.27. The Kier molecular flexibility index (Phi) is 6.15. The number of amides is 1. The van der Waals surface area contributed by atoms with Crippen LogP contribution >= 0.6 is 12.4 Å². The van der Waals surface area contributed by atoms with E-state index in [2.05, 4.69) is 5.32 Å². The van der Waals surface area contributed by atoms with Gasteiger partial charge in [0.15, 0.2) is 0 Å². The smallest absolute Gasteiger partial charge is 0.244 e. The molecule has 0 bridgehead atoms. The van der Waals surface area contributed by atoms with Crippen molar-refractivity contribution in [3.63, 3.8) is 0 Å². The fraction of sp³-hybridized carbons (Fsp3) is 0.462. The Bertz CT molecular complexity index is 419. The molecule has 0 aliphatic heterocycles. The first-order valence-electron chi connectivity index (χ1n) is 5.77. The highest BCUT2D eigenvalue weighted by atomic mass is 35.5. The summed E-state index contributed by atoms with van der Waals surface area (Å²) in [6, 6.07) is 5.09. The van der Waals surface area contributed by atoms with Gasteiger partial charge in [-0.15, -0.1) is 12.4 Å². The van der Waals surface area contributed by atoms with Gasteiger partial charge in [0.05, 0.1) is 11.2 Å². The van der Waals surface area contributed by atoms with Gasteiger partial charge in [-0.2, -0.15) is 0 Å². The van der Waals surface area contributed by atoms with Crippen LogP contribution in [0, 0.1) is 6.92 Å². The molecule has 102 valence electrons. The van der Waals surface area contributed by atoms with Gasteiger partial charge in [-0.1, -0.05) is 19.4 Å². The van der Waals surface area contributed by atoms with Crippen LogP contribution < -0.4 is 11.1 Å². The van der Waals surface area contributed by atoms with Gasteiger partial charge < -0.3 is 16.2 Å². The second-order valence-electron chi connectivity index (χ2n) is 4.64. The lowest BCUT2D eigenvalue weighted by atomic mass is 9.96. The van der Waals surface area contributed by atoms with Gasteiger partial charge in [0, 0.05) is 0 Å². The molecule has 5 heteroatoms. The first-order chi connectivity index (χ1) is 7.86. The highest BCUT2D eigenvalue weighted by Crippen LogP contribution is 2.25. The molecule has 0 saturated heterocycles. The number of aromatic hydroxyl groups is 1. The molecule has 1 rings (SSSR count). The van der Waals surface area contributed by atoms with E-state index >= 15 is 0 Å². The van der Waals surface area contributed by atoms with E-state index in [1.807, 2.05) is 19.9 Å². The Morgan fingerprint density at radius 1 is 1.50 bits per heavy atom. The zero-order valence-electron chi connectivity index (χ0n) is 11.0. The predicted octanol–water partition coefficient (Wildman–Crippen LogP) is 2.58. The van der Waals surface area contributed by atoms with Crippen LogP contribution in [0.4, 0.5) is 5.69 Å². The molecule has 0 heterocycles. The van der Waals surface area contributed by atoms with Crippen molar-refractivity contribution in [2.75, 3.05) is 5.32 Å². The van der Waals surface area contributed by atoms with E-state index in [1.54, 1.807) is 19.1 Å². The van der Waals surface area contributed by atoms with E-state index in [4.69, 9.17) is 5.73 Å². The molecule has 0 radical (unpaired) electrons. The molecule has 1 aromatic carbocycles. The fourth-order valence-electron chi connectivity index (χ4n) is 1.65. The number of hydrogen-bond donors (Lipinski definition) is 3. The Hall–Kier alpha value is -1.26. The molecule has 1 atom stereocenters. The van der Waals surface area contributed by atoms with E-state index in [9.17, 15) is 9.90 Å². The zero-order chi connectivity index (χ0) is 13.1. The van der Waals surface area contributed by atoms with Crippen LogP contribution in [-0.4, -0.2) is 16.6 Å². The molecule has 1 aromatic rings.